The lowest BCUT2D eigenvalue weighted by Crippen LogP contribution is -2.60. The molecule has 1 atom stereocenters. The fourth-order valence-corrected chi connectivity index (χ4v) is 5.02. The Morgan fingerprint density at radius 1 is 1.08 bits per heavy atom. The molecule has 9 nitrogen and oxygen atoms in total. The van der Waals surface area contributed by atoms with E-state index in [4.69, 9.17) is 24.5 Å². The van der Waals surface area contributed by atoms with Crippen molar-refractivity contribution in [1.29, 1.82) is 0 Å². The molecule has 4 heterocycles. The summed E-state index contributed by atoms with van der Waals surface area (Å²) in [5, 5.41) is 14.2. The fourth-order valence-electron chi connectivity index (χ4n) is 3.46. The van der Waals surface area contributed by atoms with E-state index in [1.807, 2.05) is 47.9 Å². The molecule has 16 heteroatoms. The van der Waals surface area contributed by atoms with Crippen LogP contribution in [0.4, 0.5) is 26.3 Å². The summed E-state index contributed by atoms with van der Waals surface area (Å²) in [6.07, 6.45) is -3.71. The number of rotatable bonds is 4. The number of hydrogen-bond acceptors (Lipinski definition) is 7. The first kappa shape index (κ1) is 31.8. The number of carboxylic acid groups (broad SMARTS) is 2. The lowest BCUT2D eigenvalue weighted by molar-refractivity contribution is -0.193. The number of aryl methyl sites for hydroxylation is 1. The maximum absolute atomic E-state index is 12.5. The van der Waals surface area contributed by atoms with Gasteiger partial charge in [0.25, 0.3) is 5.91 Å². The number of hydrogen-bond donors (Lipinski definition) is 2. The lowest BCUT2D eigenvalue weighted by Gasteiger charge is -2.47. The molecule has 0 bridgehead atoms. The molecule has 1 amide bonds. The highest BCUT2D eigenvalue weighted by molar-refractivity contribution is 8.01. The van der Waals surface area contributed by atoms with Crippen LogP contribution in [-0.2, 0) is 20.9 Å². The van der Waals surface area contributed by atoms with Gasteiger partial charge in [-0.3, -0.25) is 14.8 Å². The summed E-state index contributed by atoms with van der Waals surface area (Å²) in [5.41, 5.74) is 2.66. The predicted molar refractivity (Wildman–Crippen MR) is 125 cm³/mol. The molecule has 2 aliphatic heterocycles. The van der Waals surface area contributed by atoms with Crippen molar-refractivity contribution in [3.8, 4) is 0 Å². The van der Waals surface area contributed by atoms with E-state index in [1.165, 1.54) is 0 Å². The number of thioether (sulfide) groups is 1. The van der Waals surface area contributed by atoms with Crippen LogP contribution in [-0.4, -0.2) is 85.0 Å². The number of pyridine rings is 2. The van der Waals surface area contributed by atoms with Crippen molar-refractivity contribution >= 4 is 29.6 Å². The SMILES string of the molecule is Cc1cncc(C(=O)N2CC3(CC(OCc4ccccn4)CS3)C2)c1.O=C(O)C(F)(F)F.O=C(O)C(F)(F)F. The van der Waals surface area contributed by atoms with Crippen LogP contribution in [0, 0.1) is 6.92 Å². The van der Waals surface area contributed by atoms with Gasteiger partial charge in [0.05, 0.1) is 28.7 Å². The molecule has 39 heavy (non-hydrogen) atoms. The van der Waals surface area contributed by atoms with Crippen LogP contribution < -0.4 is 0 Å². The van der Waals surface area contributed by atoms with Crippen molar-refractivity contribution in [2.45, 2.75) is 43.2 Å². The number of ether oxygens (including phenoxy) is 1. The van der Waals surface area contributed by atoms with Gasteiger partial charge >= 0.3 is 24.3 Å². The minimum atomic E-state index is -5.08. The Morgan fingerprint density at radius 3 is 2.15 bits per heavy atom. The molecule has 214 valence electrons. The van der Waals surface area contributed by atoms with Crippen LogP contribution in [0.2, 0.25) is 0 Å². The Balaban J connectivity index is 0.000000317. The van der Waals surface area contributed by atoms with Gasteiger partial charge in [-0.05, 0) is 37.1 Å². The number of halogens is 6. The zero-order valence-corrected chi connectivity index (χ0v) is 21.0. The molecule has 2 aliphatic rings. The number of carboxylic acids is 2. The second-order valence-corrected chi connectivity index (χ2v) is 9.96. The maximum Gasteiger partial charge on any atom is 0.490 e. The van der Waals surface area contributed by atoms with E-state index < -0.39 is 24.3 Å². The quantitative estimate of drug-likeness (QED) is 0.514. The van der Waals surface area contributed by atoms with Crippen LogP contribution in [0.3, 0.4) is 0 Å². The van der Waals surface area contributed by atoms with Crippen molar-refractivity contribution in [2.24, 2.45) is 0 Å². The number of carbonyl (C=O) groups excluding carboxylic acids is 1. The van der Waals surface area contributed by atoms with Gasteiger partial charge in [-0.1, -0.05) is 6.07 Å². The molecule has 2 saturated heterocycles. The van der Waals surface area contributed by atoms with Crippen LogP contribution in [0.5, 0.6) is 0 Å². The Kier molecular flexibility index (Phi) is 10.7. The molecule has 0 radical (unpaired) electrons. The number of aliphatic carboxylic acids is 2. The first-order valence-electron chi connectivity index (χ1n) is 11.0. The summed E-state index contributed by atoms with van der Waals surface area (Å²) >= 11 is 1.94. The largest absolute Gasteiger partial charge is 0.490 e. The Morgan fingerprint density at radius 2 is 1.67 bits per heavy atom. The van der Waals surface area contributed by atoms with E-state index in [9.17, 15) is 31.1 Å². The first-order chi connectivity index (χ1) is 18.0. The first-order valence-corrected chi connectivity index (χ1v) is 12.0. The average Bonchev–Trinajstić information content (AvgIpc) is 3.26. The Bertz CT molecular complexity index is 1120. The zero-order chi connectivity index (χ0) is 29.4. The molecule has 1 unspecified atom stereocenters. The third kappa shape index (κ3) is 10.0. The van der Waals surface area contributed by atoms with Crippen LogP contribution in [0.1, 0.15) is 28.0 Å². The van der Waals surface area contributed by atoms with E-state index >= 15 is 0 Å². The minimum absolute atomic E-state index is 0.0836. The van der Waals surface area contributed by atoms with E-state index in [0.717, 1.165) is 36.5 Å². The molecule has 0 saturated carbocycles. The number of alkyl halides is 6. The molecular formula is C23H23F6N3O6S. The van der Waals surface area contributed by atoms with Crippen LogP contribution >= 0.6 is 11.8 Å². The minimum Gasteiger partial charge on any atom is -0.475 e. The van der Waals surface area contributed by atoms with Crippen molar-refractivity contribution in [3.63, 3.8) is 0 Å². The van der Waals surface area contributed by atoms with Crippen molar-refractivity contribution in [2.75, 3.05) is 18.8 Å². The smallest absolute Gasteiger partial charge is 0.475 e. The molecule has 2 aromatic heterocycles. The maximum atomic E-state index is 12.5. The second-order valence-electron chi connectivity index (χ2n) is 8.47. The van der Waals surface area contributed by atoms with Gasteiger partial charge in [-0.15, -0.1) is 11.8 Å². The molecular weight excluding hydrogens is 560 g/mol. The highest BCUT2D eigenvalue weighted by atomic mass is 32.2. The number of aromatic nitrogens is 2. The van der Waals surface area contributed by atoms with E-state index in [0.29, 0.717) is 12.2 Å². The summed E-state index contributed by atoms with van der Waals surface area (Å²) in [6.45, 7) is 4.11. The summed E-state index contributed by atoms with van der Waals surface area (Å²) in [4.78, 5) is 40.7. The summed E-state index contributed by atoms with van der Waals surface area (Å²) < 4.78 is 69.7. The zero-order valence-electron chi connectivity index (χ0n) is 20.2. The molecule has 4 rings (SSSR count). The highest BCUT2D eigenvalue weighted by Gasteiger charge is 2.51. The third-order valence-electron chi connectivity index (χ3n) is 5.22. The van der Waals surface area contributed by atoms with Crippen molar-refractivity contribution in [3.05, 3.63) is 59.7 Å². The normalized spacial score (nSPS) is 17.7. The van der Waals surface area contributed by atoms with Gasteiger partial charge < -0.3 is 19.8 Å². The van der Waals surface area contributed by atoms with Crippen molar-refractivity contribution in [1.82, 2.24) is 14.9 Å². The average molecular weight is 584 g/mol. The molecule has 2 N–H and O–H groups in total. The summed E-state index contributed by atoms with van der Waals surface area (Å²) in [5.74, 6) is -4.44. The number of likely N-dealkylation sites (tertiary alicyclic amines) is 1. The number of amides is 1. The fraction of sp³-hybridized carbons (Fsp3) is 0.435. The molecule has 0 aliphatic carbocycles. The Hall–Kier alpha value is -3.40. The highest BCUT2D eigenvalue weighted by Crippen LogP contribution is 2.46. The molecule has 1 spiro atoms. The van der Waals surface area contributed by atoms with Crippen LogP contribution in [0.15, 0.2) is 42.9 Å². The van der Waals surface area contributed by atoms with Gasteiger partial charge in [-0.2, -0.15) is 26.3 Å². The van der Waals surface area contributed by atoms with Gasteiger partial charge in [0.15, 0.2) is 0 Å². The second kappa shape index (κ2) is 13.1. The van der Waals surface area contributed by atoms with Gasteiger partial charge in [-0.25, -0.2) is 9.59 Å². The predicted octanol–water partition coefficient (Wildman–Crippen LogP) is 3.97. The molecule has 2 aromatic rings. The van der Waals surface area contributed by atoms with Gasteiger partial charge in [0.1, 0.15) is 0 Å². The van der Waals surface area contributed by atoms with Gasteiger partial charge in [0, 0.05) is 37.4 Å². The topological polar surface area (TPSA) is 130 Å². The standard InChI is InChI=1S/C19H21N3O2S.2C2HF3O2/c1-14-6-15(9-20-8-14)18(23)22-12-19(13-22)7-17(11-25-19)24-10-16-4-2-3-5-21-16;2*3-2(4,5)1(6)7/h2-6,8-9,17H,7,10-13H2,1H3;2*(H,6,7). The van der Waals surface area contributed by atoms with Gasteiger partial charge in [0.2, 0.25) is 0 Å². The van der Waals surface area contributed by atoms with E-state index in [-0.39, 0.29) is 16.8 Å². The number of carbonyl (C=O) groups is 3. The molecule has 0 aromatic carbocycles. The third-order valence-corrected chi connectivity index (χ3v) is 6.80. The summed E-state index contributed by atoms with van der Waals surface area (Å²) in [7, 11) is 0. The monoisotopic (exact) mass is 583 g/mol. The lowest BCUT2D eigenvalue weighted by atomic mass is 9.92. The number of nitrogens with zero attached hydrogens (tertiary/aromatic N) is 3. The van der Waals surface area contributed by atoms with Crippen LogP contribution in [0.25, 0.3) is 0 Å². The van der Waals surface area contributed by atoms with E-state index in [1.54, 1.807) is 18.6 Å². The Labute approximate surface area is 222 Å². The van der Waals surface area contributed by atoms with E-state index in [2.05, 4.69) is 9.97 Å². The van der Waals surface area contributed by atoms with Crippen molar-refractivity contribution < 1.29 is 55.7 Å². The summed E-state index contributed by atoms with van der Waals surface area (Å²) in [6, 6.07) is 7.78. The molecule has 2 fully saturated rings.